The number of piperidine rings is 1. The molecule has 0 atom stereocenters. The summed E-state index contributed by atoms with van der Waals surface area (Å²) in [6.07, 6.45) is 8.84. The Bertz CT molecular complexity index is 722. The number of carbonyl (C=O) groups is 1. The van der Waals surface area contributed by atoms with Gasteiger partial charge in [0.2, 0.25) is 0 Å². The van der Waals surface area contributed by atoms with Crippen LogP contribution in [0.5, 0.6) is 0 Å². The second-order valence-corrected chi connectivity index (χ2v) is 7.21. The molecule has 5 heteroatoms. The average Bonchev–Trinajstić information content (AvgIpc) is 3.27. The summed E-state index contributed by atoms with van der Waals surface area (Å²) in [5.74, 6) is 0.142. The number of amides is 1. The van der Waals surface area contributed by atoms with Gasteiger partial charge < -0.3 is 14.8 Å². The molecular formula is C19H24N4O. The molecule has 2 saturated heterocycles. The maximum absolute atomic E-state index is 13.1. The standard InChI is InChI=1S/C19H24N4O/c1-15-2-3-17(23-11-8-21-14-23)16(12-15)18(24)22-9-5-19(6-10-22)4-7-20-13-19/h2-3,8,11-12,14,20H,4-7,9-10,13H2,1H3. The Morgan fingerprint density at radius 2 is 2.08 bits per heavy atom. The summed E-state index contributed by atoms with van der Waals surface area (Å²) in [5, 5.41) is 3.48. The third-order valence-corrected chi connectivity index (χ3v) is 5.61. The van der Waals surface area contributed by atoms with Crippen molar-refractivity contribution in [3.05, 3.63) is 48.0 Å². The van der Waals surface area contributed by atoms with Crippen molar-refractivity contribution in [2.45, 2.75) is 26.2 Å². The van der Waals surface area contributed by atoms with Crippen LogP contribution in [0.1, 0.15) is 35.2 Å². The molecule has 0 unspecified atom stereocenters. The zero-order chi connectivity index (χ0) is 16.6. The fraction of sp³-hybridized carbons (Fsp3) is 0.474. The quantitative estimate of drug-likeness (QED) is 0.923. The number of likely N-dealkylation sites (tertiary alicyclic amines) is 1. The summed E-state index contributed by atoms with van der Waals surface area (Å²) in [6, 6.07) is 6.05. The molecule has 1 aromatic heterocycles. The molecule has 5 nitrogen and oxygen atoms in total. The van der Waals surface area contributed by atoms with Gasteiger partial charge in [0, 0.05) is 32.0 Å². The van der Waals surface area contributed by atoms with E-state index in [1.54, 1.807) is 12.5 Å². The van der Waals surface area contributed by atoms with E-state index in [1.807, 2.05) is 40.8 Å². The first-order chi connectivity index (χ1) is 11.7. The topological polar surface area (TPSA) is 50.2 Å². The molecule has 3 heterocycles. The van der Waals surface area contributed by atoms with E-state index in [1.165, 1.54) is 6.42 Å². The van der Waals surface area contributed by atoms with Crippen LogP contribution in [-0.2, 0) is 0 Å². The van der Waals surface area contributed by atoms with E-state index in [4.69, 9.17) is 0 Å². The lowest BCUT2D eigenvalue weighted by Gasteiger charge is -2.39. The van der Waals surface area contributed by atoms with Crippen LogP contribution in [0.15, 0.2) is 36.9 Å². The molecule has 1 aromatic carbocycles. The summed E-state index contributed by atoms with van der Waals surface area (Å²) < 4.78 is 1.92. The first kappa shape index (κ1) is 15.4. The summed E-state index contributed by atoms with van der Waals surface area (Å²) >= 11 is 0. The Balaban J connectivity index is 1.58. The van der Waals surface area contributed by atoms with E-state index in [-0.39, 0.29) is 5.91 Å². The highest BCUT2D eigenvalue weighted by Gasteiger charge is 2.38. The molecule has 0 saturated carbocycles. The Hall–Kier alpha value is -2.14. The van der Waals surface area contributed by atoms with Crippen molar-refractivity contribution in [2.24, 2.45) is 5.41 Å². The van der Waals surface area contributed by atoms with Gasteiger partial charge in [-0.2, -0.15) is 0 Å². The van der Waals surface area contributed by atoms with Gasteiger partial charge in [-0.1, -0.05) is 11.6 Å². The van der Waals surface area contributed by atoms with Crippen LogP contribution >= 0.6 is 0 Å². The molecule has 2 aromatic rings. The lowest BCUT2D eigenvalue weighted by atomic mass is 9.77. The molecule has 0 radical (unpaired) electrons. The molecule has 1 N–H and O–H groups in total. The third kappa shape index (κ3) is 2.73. The molecule has 2 aliphatic rings. The number of aryl methyl sites for hydroxylation is 1. The lowest BCUT2D eigenvalue weighted by molar-refractivity contribution is 0.0607. The summed E-state index contributed by atoms with van der Waals surface area (Å²) in [4.78, 5) is 19.3. The molecule has 1 amide bonds. The number of nitrogens with one attached hydrogen (secondary N) is 1. The Morgan fingerprint density at radius 3 is 2.75 bits per heavy atom. The van der Waals surface area contributed by atoms with E-state index >= 15 is 0 Å². The second-order valence-electron chi connectivity index (χ2n) is 7.21. The predicted molar refractivity (Wildman–Crippen MR) is 93.4 cm³/mol. The van der Waals surface area contributed by atoms with Crippen molar-refractivity contribution in [3.63, 3.8) is 0 Å². The highest BCUT2D eigenvalue weighted by Crippen LogP contribution is 2.37. The number of nitrogens with zero attached hydrogens (tertiary/aromatic N) is 3. The lowest BCUT2D eigenvalue weighted by Crippen LogP contribution is -2.44. The van der Waals surface area contributed by atoms with Crippen LogP contribution in [0, 0.1) is 12.3 Å². The Morgan fingerprint density at radius 1 is 1.25 bits per heavy atom. The predicted octanol–water partition coefficient (Wildman–Crippen LogP) is 2.40. The highest BCUT2D eigenvalue weighted by molar-refractivity contribution is 5.98. The van der Waals surface area contributed by atoms with Gasteiger partial charge in [0.1, 0.15) is 0 Å². The van der Waals surface area contributed by atoms with Gasteiger partial charge in [-0.15, -0.1) is 0 Å². The maximum Gasteiger partial charge on any atom is 0.255 e. The van der Waals surface area contributed by atoms with Crippen molar-refractivity contribution in [2.75, 3.05) is 26.2 Å². The fourth-order valence-corrected chi connectivity index (χ4v) is 4.02. The highest BCUT2D eigenvalue weighted by atomic mass is 16.2. The Labute approximate surface area is 142 Å². The van der Waals surface area contributed by atoms with Gasteiger partial charge in [0.05, 0.1) is 17.6 Å². The van der Waals surface area contributed by atoms with E-state index in [9.17, 15) is 4.79 Å². The molecule has 2 aliphatic heterocycles. The number of hydrogen-bond acceptors (Lipinski definition) is 3. The van der Waals surface area contributed by atoms with Crippen LogP contribution in [0.3, 0.4) is 0 Å². The van der Waals surface area contributed by atoms with Crippen molar-refractivity contribution < 1.29 is 4.79 Å². The smallest absolute Gasteiger partial charge is 0.255 e. The normalized spacial score (nSPS) is 19.8. The van der Waals surface area contributed by atoms with Crippen LogP contribution in [-0.4, -0.2) is 46.5 Å². The third-order valence-electron chi connectivity index (χ3n) is 5.61. The second kappa shape index (κ2) is 6.06. The minimum Gasteiger partial charge on any atom is -0.339 e. The van der Waals surface area contributed by atoms with Crippen molar-refractivity contribution in [3.8, 4) is 5.69 Å². The van der Waals surface area contributed by atoms with Gasteiger partial charge in [-0.05, 0) is 50.3 Å². The largest absolute Gasteiger partial charge is 0.339 e. The molecule has 1 spiro atoms. The number of hydrogen-bond donors (Lipinski definition) is 1. The average molecular weight is 324 g/mol. The van der Waals surface area contributed by atoms with E-state index < -0.39 is 0 Å². The summed E-state index contributed by atoms with van der Waals surface area (Å²) in [6.45, 7) is 5.98. The summed E-state index contributed by atoms with van der Waals surface area (Å²) in [7, 11) is 0. The van der Waals surface area contributed by atoms with Gasteiger partial charge in [0.25, 0.3) is 5.91 Å². The minimum absolute atomic E-state index is 0.142. The SMILES string of the molecule is Cc1ccc(-n2ccnc2)c(C(=O)N2CCC3(CCNC3)CC2)c1. The molecule has 0 aliphatic carbocycles. The van der Waals surface area contributed by atoms with Crippen LogP contribution in [0.4, 0.5) is 0 Å². The molecule has 24 heavy (non-hydrogen) atoms. The number of carbonyl (C=O) groups excluding carboxylic acids is 1. The molecule has 4 rings (SSSR count). The van der Waals surface area contributed by atoms with Crippen LogP contribution in [0.2, 0.25) is 0 Å². The minimum atomic E-state index is 0.142. The monoisotopic (exact) mass is 324 g/mol. The molecule has 2 fully saturated rings. The van der Waals surface area contributed by atoms with Crippen molar-refractivity contribution >= 4 is 5.91 Å². The van der Waals surface area contributed by atoms with Crippen molar-refractivity contribution in [1.82, 2.24) is 19.8 Å². The number of benzene rings is 1. The van der Waals surface area contributed by atoms with Gasteiger partial charge in [-0.25, -0.2) is 4.98 Å². The zero-order valence-corrected chi connectivity index (χ0v) is 14.2. The zero-order valence-electron chi connectivity index (χ0n) is 14.2. The first-order valence-corrected chi connectivity index (χ1v) is 8.76. The fourth-order valence-electron chi connectivity index (χ4n) is 4.02. The van der Waals surface area contributed by atoms with Crippen LogP contribution in [0.25, 0.3) is 5.69 Å². The maximum atomic E-state index is 13.1. The van der Waals surface area contributed by atoms with Gasteiger partial charge >= 0.3 is 0 Å². The van der Waals surface area contributed by atoms with E-state index in [0.29, 0.717) is 5.41 Å². The Kier molecular flexibility index (Phi) is 3.88. The molecular weight excluding hydrogens is 300 g/mol. The first-order valence-electron chi connectivity index (χ1n) is 8.76. The van der Waals surface area contributed by atoms with E-state index in [2.05, 4.69) is 10.3 Å². The number of imidazole rings is 1. The molecule has 126 valence electrons. The number of aromatic nitrogens is 2. The molecule has 0 bridgehead atoms. The van der Waals surface area contributed by atoms with Gasteiger partial charge in [-0.3, -0.25) is 4.79 Å². The number of rotatable bonds is 2. The van der Waals surface area contributed by atoms with Gasteiger partial charge in [0.15, 0.2) is 0 Å². The summed E-state index contributed by atoms with van der Waals surface area (Å²) in [5.41, 5.74) is 3.21. The van der Waals surface area contributed by atoms with Crippen LogP contribution < -0.4 is 5.32 Å². The van der Waals surface area contributed by atoms with Crippen molar-refractivity contribution in [1.29, 1.82) is 0 Å². The van der Waals surface area contributed by atoms with E-state index in [0.717, 1.165) is 55.8 Å².